The van der Waals surface area contributed by atoms with Crippen LogP contribution in [0.1, 0.15) is 30.0 Å². The molecule has 2 aromatic rings. The SMILES string of the molecule is COc1ccccc1OCC(=O)Nc1sc(=S)c2c(c1C#N)CCC(C)C2. The summed E-state index contributed by atoms with van der Waals surface area (Å²) in [6.07, 6.45) is 2.73. The number of rotatable bonds is 5. The van der Waals surface area contributed by atoms with Gasteiger partial charge in [0.15, 0.2) is 18.1 Å². The Morgan fingerprint density at radius 3 is 2.81 bits per heavy atom. The Morgan fingerprint density at radius 2 is 2.11 bits per heavy atom. The number of anilines is 1. The van der Waals surface area contributed by atoms with E-state index < -0.39 is 0 Å². The molecule has 1 aliphatic rings. The normalized spacial score (nSPS) is 15.4. The van der Waals surface area contributed by atoms with Gasteiger partial charge in [-0.15, -0.1) is 11.3 Å². The van der Waals surface area contributed by atoms with Gasteiger partial charge in [-0.05, 0) is 48.4 Å². The molecule has 0 bridgehead atoms. The fourth-order valence-electron chi connectivity index (χ4n) is 3.19. The number of nitrogens with one attached hydrogen (secondary N) is 1. The number of ether oxygens (including phenoxy) is 2. The van der Waals surface area contributed by atoms with Crippen LogP contribution in [0.5, 0.6) is 11.5 Å². The molecule has 1 aromatic heterocycles. The second-order valence-corrected chi connectivity index (χ2v) is 8.19. The summed E-state index contributed by atoms with van der Waals surface area (Å²) >= 11 is 6.81. The first-order chi connectivity index (χ1) is 13.0. The fourth-order valence-corrected chi connectivity index (χ4v) is 4.60. The van der Waals surface area contributed by atoms with Crippen molar-refractivity contribution in [1.82, 2.24) is 0 Å². The number of methoxy groups -OCH3 is 1. The third-order valence-corrected chi connectivity index (χ3v) is 6.01. The van der Waals surface area contributed by atoms with Gasteiger partial charge in [-0.2, -0.15) is 5.26 Å². The van der Waals surface area contributed by atoms with Gasteiger partial charge in [0.1, 0.15) is 11.1 Å². The van der Waals surface area contributed by atoms with Crippen LogP contribution in [0.15, 0.2) is 24.3 Å². The van der Waals surface area contributed by atoms with E-state index in [0.29, 0.717) is 28.0 Å². The molecule has 0 fully saturated rings. The van der Waals surface area contributed by atoms with Crippen LogP contribution in [0.4, 0.5) is 5.00 Å². The highest BCUT2D eigenvalue weighted by Gasteiger charge is 2.23. The lowest BCUT2D eigenvalue weighted by Crippen LogP contribution is -2.21. The van der Waals surface area contributed by atoms with Gasteiger partial charge in [0.2, 0.25) is 0 Å². The van der Waals surface area contributed by atoms with E-state index in [1.165, 1.54) is 11.3 Å². The third kappa shape index (κ3) is 4.29. The molecule has 0 radical (unpaired) electrons. The molecule has 1 amide bonds. The number of hydrogen-bond donors (Lipinski definition) is 1. The van der Waals surface area contributed by atoms with E-state index in [1.807, 2.05) is 6.07 Å². The molecule has 0 spiro atoms. The molecule has 0 saturated carbocycles. The summed E-state index contributed by atoms with van der Waals surface area (Å²) in [5.41, 5.74) is 2.61. The molecule has 5 nitrogen and oxygen atoms in total. The zero-order valence-electron chi connectivity index (χ0n) is 15.2. The number of amides is 1. The van der Waals surface area contributed by atoms with Gasteiger partial charge in [0.05, 0.1) is 16.5 Å². The fraction of sp³-hybridized carbons (Fsp3) is 0.350. The number of carbonyl (C=O) groups excluding carboxylic acids is 1. The molecular formula is C20H20N2O3S2. The van der Waals surface area contributed by atoms with E-state index in [4.69, 9.17) is 21.7 Å². The zero-order chi connectivity index (χ0) is 19.4. The van der Waals surface area contributed by atoms with Gasteiger partial charge in [0, 0.05) is 0 Å². The summed E-state index contributed by atoms with van der Waals surface area (Å²) in [7, 11) is 1.54. The van der Waals surface area contributed by atoms with E-state index in [0.717, 1.165) is 34.2 Å². The van der Waals surface area contributed by atoms with E-state index in [2.05, 4.69) is 18.3 Å². The number of carbonyl (C=O) groups is 1. The molecule has 27 heavy (non-hydrogen) atoms. The van der Waals surface area contributed by atoms with E-state index in [-0.39, 0.29) is 12.5 Å². The van der Waals surface area contributed by atoms with Gasteiger partial charge in [-0.3, -0.25) is 4.79 Å². The standard InChI is InChI=1S/C20H20N2O3S2/c1-12-7-8-13-14(9-12)20(26)27-19(15(13)10-21)22-18(23)11-25-17-6-4-3-5-16(17)24-2/h3-6,12H,7-9,11H2,1-2H3,(H,22,23). The topological polar surface area (TPSA) is 71.3 Å². The molecule has 0 aliphatic heterocycles. The highest BCUT2D eigenvalue weighted by molar-refractivity contribution is 7.73. The first kappa shape index (κ1) is 19.3. The summed E-state index contributed by atoms with van der Waals surface area (Å²) in [6.45, 7) is 2.01. The highest BCUT2D eigenvalue weighted by Crippen LogP contribution is 2.36. The predicted molar refractivity (Wildman–Crippen MR) is 108 cm³/mol. The van der Waals surface area contributed by atoms with Crippen molar-refractivity contribution in [2.45, 2.75) is 26.2 Å². The first-order valence-electron chi connectivity index (χ1n) is 8.68. The predicted octanol–water partition coefficient (Wildman–Crippen LogP) is 4.50. The minimum absolute atomic E-state index is 0.182. The average Bonchev–Trinajstić information content (AvgIpc) is 2.67. The molecule has 3 rings (SSSR count). The molecule has 7 heteroatoms. The van der Waals surface area contributed by atoms with Crippen molar-refractivity contribution in [3.8, 4) is 17.6 Å². The third-order valence-electron chi connectivity index (χ3n) is 4.57. The van der Waals surface area contributed by atoms with Gasteiger partial charge >= 0.3 is 0 Å². The smallest absolute Gasteiger partial charge is 0.262 e. The molecule has 1 heterocycles. The Bertz CT molecular complexity index is 963. The van der Waals surface area contributed by atoms with Crippen molar-refractivity contribution in [3.05, 3.63) is 44.8 Å². The van der Waals surface area contributed by atoms with Gasteiger partial charge in [-0.25, -0.2) is 0 Å². The van der Waals surface area contributed by atoms with Gasteiger partial charge < -0.3 is 14.8 Å². The van der Waals surface area contributed by atoms with Crippen molar-refractivity contribution in [2.75, 3.05) is 19.0 Å². The van der Waals surface area contributed by atoms with Gasteiger partial charge in [0.25, 0.3) is 5.91 Å². The summed E-state index contributed by atoms with van der Waals surface area (Å²) in [5.74, 6) is 1.27. The summed E-state index contributed by atoms with van der Waals surface area (Å²) in [6, 6.07) is 9.38. The monoisotopic (exact) mass is 400 g/mol. The van der Waals surface area contributed by atoms with Crippen molar-refractivity contribution in [3.63, 3.8) is 0 Å². The van der Waals surface area contributed by atoms with E-state index >= 15 is 0 Å². The van der Waals surface area contributed by atoms with Crippen LogP contribution in [-0.2, 0) is 17.6 Å². The van der Waals surface area contributed by atoms with Crippen LogP contribution in [0.3, 0.4) is 0 Å². The number of para-hydroxylation sites is 2. The molecule has 1 atom stereocenters. The molecule has 1 aliphatic carbocycles. The Kier molecular flexibility index (Phi) is 6.09. The second kappa shape index (κ2) is 8.51. The summed E-state index contributed by atoms with van der Waals surface area (Å²) in [4.78, 5) is 12.4. The van der Waals surface area contributed by atoms with E-state index in [9.17, 15) is 10.1 Å². The highest BCUT2D eigenvalue weighted by atomic mass is 32.1. The Balaban J connectivity index is 1.77. The molecule has 140 valence electrons. The Hall–Kier alpha value is -2.43. The Morgan fingerprint density at radius 1 is 1.37 bits per heavy atom. The minimum Gasteiger partial charge on any atom is -0.493 e. The number of nitrogens with zero attached hydrogens (tertiary/aromatic N) is 1. The van der Waals surface area contributed by atoms with Crippen LogP contribution in [0.25, 0.3) is 0 Å². The van der Waals surface area contributed by atoms with Crippen LogP contribution < -0.4 is 14.8 Å². The Labute approximate surface area is 167 Å². The molecule has 1 unspecified atom stereocenters. The quantitative estimate of drug-likeness (QED) is 0.748. The molecule has 1 aromatic carbocycles. The average molecular weight is 401 g/mol. The summed E-state index contributed by atoms with van der Waals surface area (Å²) in [5, 5.41) is 12.9. The molecule has 1 N–H and O–H groups in total. The zero-order valence-corrected chi connectivity index (χ0v) is 16.8. The van der Waals surface area contributed by atoms with Crippen molar-refractivity contribution >= 4 is 34.5 Å². The van der Waals surface area contributed by atoms with Crippen molar-refractivity contribution < 1.29 is 14.3 Å². The first-order valence-corrected chi connectivity index (χ1v) is 9.90. The van der Waals surface area contributed by atoms with Crippen molar-refractivity contribution in [2.24, 2.45) is 5.92 Å². The minimum atomic E-state index is -0.341. The lowest BCUT2D eigenvalue weighted by atomic mass is 9.85. The van der Waals surface area contributed by atoms with Crippen LogP contribution in [-0.4, -0.2) is 19.6 Å². The maximum absolute atomic E-state index is 12.4. The lowest BCUT2D eigenvalue weighted by Gasteiger charge is -2.23. The molecule has 0 saturated heterocycles. The largest absolute Gasteiger partial charge is 0.493 e. The van der Waals surface area contributed by atoms with E-state index in [1.54, 1.807) is 25.3 Å². The number of fused-ring (bicyclic) bond motifs is 1. The number of hydrogen-bond acceptors (Lipinski definition) is 6. The molecular weight excluding hydrogens is 380 g/mol. The lowest BCUT2D eigenvalue weighted by molar-refractivity contribution is -0.118. The van der Waals surface area contributed by atoms with Crippen LogP contribution in [0, 0.1) is 21.1 Å². The number of benzene rings is 1. The van der Waals surface area contributed by atoms with Crippen LogP contribution >= 0.6 is 23.6 Å². The second-order valence-electron chi connectivity index (χ2n) is 6.50. The van der Waals surface area contributed by atoms with Gasteiger partial charge in [-0.1, -0.05) is 31.3 Å². The maximum atomic E-state index is 12.4. The number of nitriles is 1. The maximum Gasteiger partial charge on any atom is 0.262 e. The van der Waals surface area contributed by atoms with Crippen molar-refractivity contribution in [1.29, 1.82) is 5.26 Å². The summed E-state index contributed by atoms with van der Waals surface area (Å²) < 4.78 is 11.5. The van der Waals surface area contributed by atoms with Crippen LogP contribution in [0.2, 0.25) is 0 Å².